The number of rotatable bonds is 5. The number of carbonyl (C=O) groups excluding carboxylic acids is 1. The number of hydrogen-bond acceptors (Lipinski definition) is 5. The Balaban J connectivity index is 1.84. The zero-order valence-corrected chi connectivity index (χ0v) is 11.5. The second-order valence-electron chi connectivity index (χ2n) is 4.32. The summed E-state index contributed by atoms with van der Waals surface area (Å²) < 4.78 is 12.8. The van der Waals surface area contributed by atoms with Crippen LogP contribution < -0.4 is 16.8 Å². The maximum Gasteiger partial charge on any atom is 0.237 e. The SMILES string of the molecule is Nc1ncc(CNC(=O)[C@@H](N)Cc2ccc(F)cc2)s1. The Kier molecular flexibility index (Phi) is 4.65. The van der Waals surface area contributed by atoms with Crippen LogP contribution in [0.3, 0.4) is 0 Å². The van der Waals surface area contributed by atoms with E-state index in [2.05, 4.69) is 10.3 Å². The van der Waals surface area contributed by atoms with Crippen molar-refractivity contribution in [3.63, 3.8) is 0 Å². The fourth-order valence-electron chi connectivity index (χ4n) is 1.68. The van der Waals surface area contributed by atoms with E-state index < -0.39 is 6.04 Å². The summed E-state index contributed by atoms with van der Waals surface area (Å²) in [4.78, 5) is 16.6. The highest BCUT2D eigenvalue weighted by molar-refractivity contribution is 7.15. The van der Waals surface area contributed by atoms with Crippen LogP contribution in [0.25, 0.3) is 0 Å². The van der Waals surface area contributed by atoms with Gasteiger partial charge in [-0.25, -0.2) is 9.37 Å². The molecule has 1 heterocycles. The summed E-state index contributed by atoms with van der Waals surface area (Å²) in [5.74, 6) is -0.573. The van der Waals surface area contributed by atoms with Gasteiger partial charge in [0, 0.05) is 11.1 Å². The first-order chi connectivity index (χ1) is 9.54. The summed E-state index contributed by atoms with van der Waals surface area (Å²) in [7, 11) is 0. The van der Waals surface area contributed by atoms with Gasteiger partial charge in [0.15, 0.2) is 5.13 Å². The first kappa shape index (κ1) is 14.4. The molecule has 1 amide bonds. The molecule has 0 saturated carbocycles. The maximum absolute atomic E-state index is 12.8. The average Bonchev–Trinajstić information content (AvgIpc) is 2.84. The van der Waals surface area contributed by atoms with Crippen molar-refractivity contribution in [2.45, 2.75) is 19.0 Å². The molecule has 2 aromatic rings. The average molecular weight is 294 g/mol. The van der Waals surface area contributed by atoms with Gasteiger partial charge in [-0.3, -0.25) is 4.79 Å². The molecule has 0 fully saturated rings. The zero-order valence-electron chi connectivity index (χ0n) is 10.7. The standard InChI is InChI=1S/C13H15FN4OS/c14-9-3-1-8(2-4-9)5-11(15)12(19)17-6-10-7-18-13(16)20-10/h1-4,7,11H,5-6,15H2,(H2,16,18)(H,17,19)/t11-/m0/s1. The van der Waals surface area contributed by atoms with Gasteiger partial charge in [-0.1, -0.05) is 12.1 Å². The van der Waals surface area contributed by atoms with Crippen LogP contribution >= 0.6 is 11.3 Å². The minimum absolute atomic E-state index is 0.263. The Morgan fingerprint density at radius 3 is 2.70 bits per heavy atom. The van der Waals surface area contributed by atoms with Crippen molar-refractivity contribution in [2.75, 3.05) is 5.73 Å². The number of nitrogens with one attached hydrogen (secondary N) is 1. The second kappa shape index (κ2) is 6.44. The van der Waals surface area contributed by atoms with E-state index >= 15 is 0 Å². The third-order valence-electron chi connectivity index (χ3n) is 2.71. The molecule has 0 unspecified atom stereocenters. The number of aromatic nitrogens is 1. The molecule has 0 aliphatic heterocycles. The van der Waals surface area contributed by atoms with E-state index in [0.717, 1.165) is 10.4 Å². The quantitative estimate of drug-likeness (QED) is 0.768. The molecule has 0 aliphatic carbocycles. The summed E-state index contributed by atoms with van der Waals surface area (Å²) >= 11 is 1.32. The molecule has 5 nitrogen and oxygen atoms in total. The van der Waals surface area contributed by atoms with Gasteiger partial charge in [0.25, 0.3) is 0 Å². The largest absolute Gasteiger partial charge is 0.375 e. The molecule has 7 heteroatoms. The molecule has 1 aromatic carbocycles. The predicted molar refractivity (Wildman–Crippen MR) is 76.5 cm³/mol. The monoisotopic (exact) mass is 294 g/mol. The lowest BCUT2D eigenvalue weighted by molar-refractivity contribution is -0.122. The summed E-state index contributed by atoms with van der Waals surface area (Å²) in [6.07, 6.45) is 1.97. The number of amides is 1. The smallest absolute Gasteiger partial charge is 0.237 e. The Hall–Kier alpha value is -1.99. The van der Waals surface area contributed by atoms with Crippen molar-refractivity contribution in [3.8, 4) is 0 Å². The molecule has 0 radical (unpaired) electrons. The van der Waals surface area contributed by atoms with Crippen molar-refractivity contribution in [2.24, 2.45) is 5.73 Å². The van der Waals surface area contributed by atoms with Crippen molar-refractivity contribution in [1.82, 2.24) is 10.3 Å². The first-order valence-electron chi connectivity index (χ1n) is 6.02. The van der Waals surface area contributed by atoms with Crippen LogP contribution in [0, 0.1) is 5.82 Å². The minimum Gasteiger partial charge on any atom is -0.375 e. The Bertz CT molecular complexity index is 584. The van der Waals surface area contributed by atoms with Crippen molar-refractivity contribution < 1.29 is 9.18 Å². The molecular formula is C13H15FN4OS. The highest BCUT2D eigenvalue weighted by atomic mass is 32.1. The first-order valence-corrected chi connectivity index (χ1v) is 6.84. The Morgan fingerprint density at radius 2 is 2.10 bits per heavy atom. The number of hydrogen-bond donors (Lipinski definition) is 3. The molecule has 0 aliphatic rings. The van der Waals surface area contributed by atoms with E-state index in [1.165, 1.54) is 23.5 Å². The van der Waals surface area contributed by atoms with Gasteiger partial charge in [0.1, 0.15) is 5.82 Å². The molecule has 1 aromatic heterocycles. The maximum atomic E-state index is 12.8. The van der Waals surface area contributed by atoms with Gasteiger partial charge in [-0.05, 0) is 24.1 Å². The summed E-state index contributed by atoms with van der Waals surface area (Å²) in [6, 6.07) is 5.25. The molecule has 5 N–H and O–H groups in total. The van der Waals surface area contributed by atoms with Gasteiger partial charge in [-0.15, -0.1) is 11.3 Å². The van der Waals surface area contributed by atoms with Crippen LogP contribution in [0.15, 0.2) is 30.5 Å². The van der Waals surface area contributed by atoms with Crippen molar-refractivity contribution in [3.05, 3.63) is 46.7 Å². The van der Waals surface area contributed by atoms with E-state index in [-0.39, 0.29) is 11.7 Å². The van der Waals surface area contributed by atoms with Gasteiger partial charge in [0.05, 0.1) is 12.6 Å². The number of nitrogens with two attached hydrogens (primary N) is 2. The number of nitrogen functional groups attached to an aromatic ring is 1. The van der Waals surface area contributed by atoms with Crippen LogP contribution in [0.2, 0.25) is 0 Å². The van der Waals surface area contributed by atoms with Crippen LogP contribution in [0.4, 0.5) is 9.52 Å². The molecular weight excluding hydrogens is 279 g/mol. The normalized spacial score (nSPS) is 12.1. The van der Waals surface area contributed by atoms with Crippen LogP contribution in [-0.2, 0) is 17.8 Å². The lowest BCUT2D eigenvalue weighted by Crippen LogP contribution is -2.41. The lowest BCUT2D eigenvalue weighted by atomic mass is 10.1. The molecule has 20 heavy (non-hydrogen) atoms. The second-order valence-corrected chi connectivity index (χ2v) is 5.47. The van der Waals surface area contributed by atoms with E-state index in [4.69, 9.17) is 11.5 Å². The van der Waals surface area contributed by atoms with Gasteiger partial charge >= 0.3 is 0 Å². The highest BCUT2D eigenvalue weighted by Gasteiger charge is 2.14. The van der Waals surface area contributed by atoms with Gasteiger partial charge in [-0.2, -0.15) is 0 Å². The van der Waals surface area contributed by atoms with Crippen LogP contribution in [0.1, 0.15) is 10.4 Å². The number of benzene rings is 1. The Labute approximate surface area is 119 Å². The number of halogens is 1. The molecule has 0 bridgehead atoms. The van der Waals surface area contributed by atoms with Crippen molar-refractivity contribution >= 4 is 22.4 Å². The number of anilines is 1. The predicted octanol–water partition coefficient (Wildman–Crippen LogP) is 1.05. The minimum atomic E-state index is -0.675. The summed E-state index contributed by atoms with van der Waals surface area (Å²) in [6.45, 7) is 0.352. The Morgan fingerprint density at radius 1 is 1.40 bits per heavy atom. The third kappa shape index (κ3) is 4.01. The zero-order chi connectivity index (χ0) is 14.5. The van der Waals surface area contributed by atoms with Gasteiger partial charge < -0.3 is 16.8 Å². The number of carbonyl (C=O) groups is 1. The summed E-state index contributed by atoms with van der Waals surface area (Å²) in [5, 5.41) is 3.18. The van der Waals surface area contributed by atoms with E-state index in [1.807, 2.05) is 0 Å². The molecule has 106 valence electrons. The van der Waals surface area contributed by atoms with E-state index in [0.29, 0.717) is 18.1 Å². The number of thiazole rings is 1. The van der Waals surface area contributed by atoms with Crippen LogP contribution in [0.5, 0.6) is 0 Å². The highest BCUT2D eigenvalue weighted by Crippen LogP contribution is 2.13. The third-order valence-corrected chi connectivity index (χ3v) is 3.54. The topological polar surface area (TPSA) is 94.0 Å². The fraction of sp³-hybridized carbons (Fsp3) is 0.231. The molecule has 1 atom stereocenters. The van der Waals surface area contributed by atoms with E-state index in [1.54, 1.807) is 18.3 Å². The molecule has 0 spiro atoms. The molecule has 0 saturated heterocycles. The van der Waals surface area contributed by atoms with Crippen molar-refractivity contribution in [1.29, 1.82) is 0 Å². The van der Waals surface area contributed by atoms with Crippen LogP contribution in [-0.4, -0.2) is 16.9 Å². The van der Waals surface area contributed by atoms with Gasteiger partial charge in [0.2, 0.25) is 5.91 Å². The summed E-state index contributed by atoms with van der Waals surface area (Å²) in [5.41, 5.74) is 12.1. The lowest BCUT2D eigenvalue weighted by Gasteiger charge is -2.11. The number of nitrogens with zero attached hydrogens (tertiary/aromatic N) is 1. The molecule has 2 rings (SSSR count). The fourth-order valence-corrected chi connectivity index (χ4v) is 2.30. The van der Waals surface area contributed by atoms with E-state index in [9.17, 15) is 9.18 Å².